The fourth-order valence-electron chi connectivity index (χ4n) is 2.36. The average Bonchev–Trinajstić information content (AvgIpc) is 2.45. The van der Waals surface area contributed by atoms with E-state index in [0.29, 0.717) is 43.7 Å². The number of rotatable bonds is 2. The summed E-state index contributed by atoms with van der Waals surface area (Å²) in [5, 5.41) is 0. The van der Waals surface area contributed by atoms with Crippen LogP contribution in [0.25, 0.3) is 0 Å². The van der Waals surface area contributed by atoms with Gasteiger partial charge in [0.15, 0.2) is 6.29 Å². The molecule has 22 heavy (non-hydrogen) atoms. The van der Waals surface area contributed by atoms with E-state index in [0.717, 1.165) is 0 Å². The molecule has 0 radical (unpaired) electrons. The van der Waals surface area contributed by atoms with Crippen LogP contribution < -0.4 is 4.90 Å². The first-order valence-electron chi connectivity index (χ1n) is 7.28. The Labute approximate surface area is 129 Å². The first kappa shape index (κ1) is 16.3. The van der Waals surface area contributed by atoms with Crippen LogP contribution in [-0.4, -0.2) is 49.1 Å². The molecule has 0 unspecified atom stereocenters. The standard InChI is InChI=1S/C16H21FN2O3/c1-16(2,3)22-15(21)19-8-6-18(7-9-19)14-5-4-13(17)10-12(14)11-20/h4-5,10-11H,6-9H2,1-3H3. The molecule has 1 fully saturated rings. The van der Waals surface area contributed by atoms with Crippen molar-refractivity contribution in [3.8, 4) is 0 Å². The van der Waals surface area contributed by atoms with E-state index in [1.165, 1.54) is 12.1 Å². The van der Waals surface area contributed by atoms with Crippen LogP contribution in [0.5, 0.6) is 0 Å². The minimum Gasteiger partial charge on any atom is -0.444 e. The molecule has 1 saturated heterocycles. The molecular formula is C16H21FN2O3. The number of piperazine rings is 1. The summed E-state index contributed by atoms with van der Waals surface area (Å²) in [6, 6.07) is 4.16. The van der Waals surface area contributed by atoms with E-state index in [1.807, 2.05) is 25.7 Å². The Morgan fingerprint density at radius 2 is 1.86 bits per heavy atom. The first-order valence-corrected chi connectivity index (χ1v) is 7.28. The summed E-state index contributed by atoms with van der Waals surface area (Å²) in [6.07, 6.45) is 0.320. The number of aldehydes is 1. The van der Waals surface area contributed by atoms with Crippen LogP contribution in [0, 0.1) is 5.82 Å². The number of anilines is 1. The smallest absolute Gasteiger partial charge is 0.410 e. The van der Waals surface area contributed by atoms with Crippen molar-refractivity contribution in [2.75, 3.05) is 31.1 Å². The second kappa shape index (κ2) is 6.34. The molecule has 2 rings (SSSR count). The van der Waals surface area contributed by atoms with Crippen LogP contribution >= 0.6 is 0 Å². The van der Waals surface area contributed by atoms with Crippen LogP contribution in [0.1, 0.15) is 31.1 Å². The van der Waals surface area contributed by atoms with Crippen molar-refractivity contribution >= 4 is 18.1 Å². The Morgan fingerprint density at radius 1 is 1.23 bits per heavy atom. The number of nitrogens with zero attached hydrogens (tertiary/aromatic N) is 2. The SMILES string of the molecule is CC(C)(C)OC(=O)N1CCN(c2ccc(F)cc2C=O)CC1. The van der Waals surface area contributed by atoms with Gasteiger partial charge in [-0.1, -0.05) is 0 Å². The van der Waals surface area contributed by atoms with Crippen molar-refractivity contribution in [1.82, 2.24) is 4.90 Å². The van der Waals surface area contributed by atoms with E-state index in [2.05, 4.69) is 0 Å². The van der Waals surface area contributed by atoms with E-state index in [-0.39, 0.29) is 6.09 Å². The molecule has 1 aromatic rings. The Balaban J connectivity index is 2.01. The molecule has 1 amide bonds. The van der Waals surface area contributed by atoms with Gasteiger partial charge in [0.05, 0.1) is 0 Å². The van der Waals surface area contributed by atoms with Gasteiger partial charge in [-0.05, 0) is 39.0 Å². The first-order chi connectivity index (χ1) is 10.3. The predicted octanol–water partition coefficient (Wildman–Crippen LogP) is 2.70. The van der Waals surface area contributed by atoms with E-state index in [9.17, 15) is 14.0 Å². The molecule has 0 saturated carbocycles. The van der Waals surface area contributed by atoms with Gasteiger partial charge in [0.1, 0.15) is 11.4 Å². The Kier molecular flexibility index (Phi) is 4.68. The highest BCUT2D eigenvalue weighted by atomic mass is 19.1. The number of carbonyl (C=O) groups is 2. The van der Waals surface area contributed by atoms with Gasteiger partial charge in [-0.25, -0.2) is 9.18 Å². The lowest BCUT2D eigenvalue weighted by Gasteiger charge is -2.37. The summed E-state index contributed by atoms with van der Waals surface area (Å²) in [7, 11) is 0. The summed E-state index contributed by atoms with van der Waals surface area (Å²) < 4.78 is 18.5. The van der Waals surface area contributed by atoms with Gasteiger partial charge in [-0.2, -0.15) is 0 Å². The zero-order chi connectivity index (χ0) is 16.3. The van der Waals surface area contributed by atoms with Gasteiger partial charge >= 0.3 is 6.09 Å². The Hall–Kier alpha value is -2.11. The second-order valence-electron chi connectivity index (χ2n) is 6.28. The van der Waals surface area contributed by atoms with Gasteiger partial charge in [-0.15, -0.1) is 0 Å². The fourth-order valence-corrected chi connectivity index (χ4v) is 2.36. The second-order valence-corrected chi connectivity index (χ2v) is 6.28. The highest BCUT2D eigenvalue weighted by Crippen LogP contribution is 2.22. The van der Waals surface area contributed by atoms with Crippen molar-refractivity contribution in [2.24, 2.45) is 0 Å². The maximum atomic E-state index is 13.2. The number of carbonyl (C=O) groups excluding carboxylic acids is 2. The fraction of sp³-hybridized carbons (Fsp3) is 0.500. The van der Waals surface area contributed by atoms with Crippen molar-refractivity contribution in [3.05, 3.63) is 29.6 Å². The van der Waals surface area contributed by atoms with E-state index >= 15 is 0 Å². The van der Waals surface area contributed by atoms with Gasteiger partial charge in [-0.3, -0.25) is 4.79 Å². The Bertz CT molecular complexity index is 561. The van der Waals surface area contributed by atoms with Gasteiger partial charge in [0.25, 0.3) is 0 Å². The molecule has 0 N–H and O–H groups in total. The van der Waals surface area contributed by atoms with Crippen LogP contribution in [0.3, 0.4) is 0 Å². The summed E-state index contributed by atoms with van der Waals surface area (Å²) >= 11 is 0. The molecule has 0 spiro atoms. The van der Waals surface area contributed by atoms with Crippen molar-refractivity contribution < 1.29 is 18.7 Å². The lowest BCUT2D eigenvalue weighted by atomic mass is 10.1. The highest BCUT2D eigenvalue weighted by molar-refractivity contribution is 5.84. The summed E-state index contributed by atoms with van der Waals surface area (Å²) in [5.74, 6) is -0.432. The maximum absolute atomic E-state index is 13.2. The average molecular weight is 308 g/mol. The van der Waals surface area contributed by atoms with Gasteiger partial charge in [0.2, 0.25) is 0 Å². The van der Waals surface area contributed by atoms with Crippen LogP contribution in [0.15, 0.2) is 18.2 Å². The zero-order valence-corrected chi connectivity index (χ0v) is 13.1. The third-order valence-corrected chi connectivity index (χ3v) is 3.39. The molecule has 0 aromatic heterocycles. The molecule has 1 heterocycles. The lowest BCUT2D eigenvalue weighted by molar-refractivity contribution is 0.0240. The normalized spacial score (nSPS) is 15.6. The maximum Gasteiger partial charge on any atom is 0.410 e. The zero-order valence-electron chi connectivity index (χ0n) is 13.1. The number of benzene rings is 1. The highest BCUT2D eigenvalue weighted by Gasteiger charge is 2.26. The molecule has 6 heteroatoms. The topological polar surface area (TPSA) is 49.9 Å². The quantitative estimate of drug-likeness (QED) is 0.788. The van der Waals surface area contributed by atoms with Gasteiger partial charge < -0.3 is 14.5 Å². The van der Waals surface area contributed by atoms with Crippen LogP contribution in [0.2, 0.25) is 0 Å². The number of ether oxygens (including phenoxy) is 1. The van der Waals surface area contributed by atoms with E-state index in [1.54, 1.807) is 11.0 Å². The predicted molar refractivity (Wildman–Crippen MR) is 81.8 cm³/mol. The van der Waals surface area contributed by atoms with Crippen molar-refractivity contribution in [1.29, 1.82) is 0 Å². The molecule has 0 bridgehead atoms. The molecule has 0 atom stereocenters. The summed E-state index contributed by atoms with van der Waals surface area (Å²) in [5.41, 5.74) is 0.501. The number of halogens is 1. The van der Waals surface area contributed by atoms with Crippen LogP contribution in [0.4, 0.5) is 14.9 Å². The van der Waals surface area contributed by atoms with Crippen molar-refractivity contribution in [3.63, 3.8) is 0 Å². The minimum atomic E-state index is -0.518. The number of amides is 1. The summed E-state index contributed by atoms with van der Waals surface area (Å²) in [6.45, 7) is 7.65. The third kappa shape index (κ3) is 3.96. The molecule has 1 aliphatic rings. The monoisotopic (exact) mass is 308 g/mol. The largest absolute Gasteiger partial charge is 0.444 e. The molecule has 120 valence electrons. The summed E-state index contributed by atoms with van der Waals surface area (Å²) in [4.78, 5) is 26.7. The molecular weight excluding hydrogens is 287 g/mol. The van der Waals surface area contributed by atoms with Crippen molar-refractivity contribution in [2.45, 2.75) is 26.4 Å². The molecule has 1 aliphatic heterocycles. The Morgan fingerprint density at radius 3 is 2.41 bits per heavy atom. The molecule has 5 nitrogen and oxygen atoms in total. The lowest BCUT2D eigenvalue weighted by Crippen LogP contribution is -2.50. The molecule has 1 aromatic carbocycles. The van der Waals surface area contributed by atoms with E-state index < -0.39 is 11.4 Å². The third-order valence-electron chi connectivity index (χ3n) is 3.39. The molecule has 0 aliphatic carbocycles. The van der Waals surface area contributed by atoms with Crippen LogP contribution in [-0.2, 0) is 4.74 Å². The number of hydrogen-bond donors (Lipinski definition) is 0. The minimum absolute atomic E-state index is 0.325. The van der Waals surface area contributed by atoms with E-state index in [4.69, 9.17) is 4.74 Å². The number of hydrogen-bond acceptors (Lipinski definition) is 4. The van der Waals surface area contributed by atoms with Gasteiger partial charge in [0, 0.05) is 37.4 Å².